The number of alkyl halides is 6. The minimum atomic E-state index is -5.08. The highest BCUT2D eigenvalue weighted by atomic mass is 19.4. The van der Waals surface area contributed by atoms with E-state index in [0.29, 0.717) is 24.5 Å². The van der Waals surface area contributed by atoms with Crippen molar-refractivity contribution in [2.24, 2.45) is 5.73 Å². The number of nitrogens with one attached hydrogen (secondary N) is 1. The molecule has 1 atom stereocenters. The summed E-state index contributed by atoms with van der Waals surface area (Å²) in [5.74, 6) is -9.91. The third kappa shape index (κ3) is 13.6. The van der Waals surface area contributed by atoms with Gasteiger partial charge in [-0.25, -0.2) is 22.8 Å². The molecule has 0 fully saturated rings. The molecule has 0 radical (unpaired) electrons. The quantitative estimate of drug-likeness (QED) is 0.214. The summed E-state index contributed by atoms with van der Waals surface area (Å²) in [6.45, 7) is 0.326. The number of halogens is 9. The van der Waals surface area contributed by atoms with Crippen LogP contribution in [0.25, 0.3) is 0 Å². The van der Waals surface area contributed by atoms with Gasteiger partial charge in [-0.2, -0.15) is 26.3 Å². The minimum absolute atomic E-state index is 0.193. The Morgan fingerprint density at radius 3 is 1.77 bits per heavy atom. The van der Waals surface area contributed by atoms with Crippen LogP contribution in [0.3, 0.4) is 0 Å². The van der Waals surface area contributed by atoms with Crippen LogP contribution in [0, 0.1) is 17.5 Å². The van der Waals surface area contributed by atoms with Gasteiger partial charge in [-0.15, -0.1) is 0 Å². The van der Waals surface area contributed by atoms with E-state index < -0.39 is 53.7 Å². The van der Waals surface area contributed by atoms with Crippen molar-refractivity contribution in [1.82, 2.24) is 4.98 Å². The van der Waals surface area contributed by atoms with Crippen LogP contribution in [0.1, 0.15) is 11.3 Å². The van der Waals surface area contributed by atoms with E-state index in [-0.39, 0.29) is 12.1 Å². The molecule has 9 nitrogen and oxygen atoms in total. The molecular formula is C25H20F9N3O6. The molecule has 0 saturated heterocycles. The number of ether oxygens (including phenoxy) is 1. The lowest BCUT2D eigenvalue weighted by molar-refractivity contribution is -0.193. The summed E-state index contributed by atoms with van der Waals surface area (Å²) in [5.41, 5.74) is 7.22. The highest BCUT2D eigenvalue weighted by Crippen LogP contribution is 2.19. The first-order valence-corrected chi connectivity index (χ1v) is 11.2. The van der Waals surface area contributed by atoms with Gasteiger partial charge in [-0.3, -0.25) is 9.78 Å². The summed E-state index contributed by atoms with van der Waals surface area (Å²) in [4.78, 5) is 34.1. The molecule has 0 unspecified atom stereocenters. The molecule has 0 aliphatic heterocycles. The van der Waals surface area contributed by atoms with Gasteiger partial charge in [0.15, 0.2) is 17.5 Å². The number of amides is 1. The van der Waals surface area contributed by atoms with Crippen LogP contribution in [-0.4, -0.2) is 51.4 Å². The Morgan fingerprint density at radius 2 is 1.35 bits per heavy atom. The molecule has 1 amide bonds. The van der Waals surface area contributed by atoms with Crippen LogP contribution in [0.15, 0.2) is 60.8 Å². The smallest absolute Gasteiger partial charge is 0.487 e. The lowest BCUT2D eigenvalue weighted by atomic mass is 10.1. The second-order valence-corrected chi connectivity index (χ2v) is 7.91. The molecule has 1 aromatic heterocycles. The Hall–Kier alpha value is -4.87. The lowest BCUT2D eigenvalue weighted by Crippen LogP contribution is -2.37. The maximum absolute atomic E-state index is 13.2. The van der Waals surface area contributed by atoms with Crippen molar-refractivity contribution in [2.75, 3.05) is 5.32 Å². The number of carbonyl (C=O) groups is 3. The van der Waals surface area contributed by atoms with E-state index in [2.05, 4.69) is 10.3 Å². The Bertz CT molecular complexity index is 1320. The molecule has 2 aromatic carbocycles. The maximum Gasteiger partial charge on any atom is 0.490 e. The van der Waals surface area contributed by atoms with Crippen LogP contribution in [0.2, 0.25) is 0 Å². The predicted molar refractivity (Wildman–Crippen MR) is 129 cm³/mol. The Balaban J connectivity index is 0.000000548. The van der Waals surface area contributed by atoms with Crippen molar-refractivity contribution >= 4 is 23.5 Å². The minimum Gasteiger partial charge on any atom is -0.487 e. The van der Waals surface area contributed by atoms with E-state index in [1.165, 1.54) is 0 Å². The van der Waals surface area contributed by atoms with Crippen molar-refractivity contribution in [3.05, 3.63) is 89.5 Å². The van der Waals surface area contributed by atoms with Gasteiger partial charge in [0, 0.05) is 24.0 Å². The normalized spacial score (nSPS) is 11.6. The highest BCUT2D eigenvalue weighted by molar-refractivity contribution is 5.94. The van der Waals surface area contributed by atoms with E-state index in [1.807, 2.05) is 18.2 Å². The number of carbonyl (C=O) groups excluding carboxylic acids is 1. The van der Waals surface area contributed by atoms with Crippen molar-refractivity contribution in [2.45, 2.75) is 31.4 Å². The molecule has 0 aliphatic carbocycles. The third-order valence-electron chi connectivity index (χ3n) is 4.56. The summed E-state index contributed by atoms with van der Waals surface area (Å²) >= 11 is 0. The van der Waals surface area contributed by atoms with E-state index in [1.54, 1.807) is 30.5 Å². The van der Waals surface area contributed by atoms with Gasteiger partial charge in [-0.1, -0.05) is 18.2 Å². The van der Waals surface area contributed by atoms with Crippen LogP contribution >= 0.6 is 0 Å². The number of aromatic nitrogens is 1. The van der Waals surface area contributed by atoms with E-state index in [9.17, 15) is 44.3 Å². The number of nitrogens with zero attached hydrogens (tertiary/aromatic N) is 1. The van der Waals surface area contributed by atoms with Crippen LogP contribution in [0.4, 0.5) is 45.2 Å². The number of aliphatic carboxylic acids is 2. The largest absolute Gasteiger partial charge is 0.490 e. The van der Waals surface area contributed by atoms with Gasteiger partial charge < -0.3 is 26.0 Å². The molecule has 1 heterocycles. The van der Waals surface area contributed by atoms with Gasteiger partial charge in [-0.05, 0) is 36.2 Å². The molecule has 18 heteroatoms. The fraction of sp³-hybridized carbons (Fsp3) is 0.200. The first-order chi connectivity index (χ1) is 19.8. The van der Waals surface area contributed by atoms with Gasteiger partial charge in [0.2, 0.25) is 5.91 Å². The molecule has 3 rings (SSSR count). The average molecular weight is 629 g/mol. The van der Waals surface area contributed by atoms with Gasteiger partial charge in [0.25, 0.3) is 0 Å². The van der Waals surface area contributed by atoms with Gasteiger partial charge in [0.1, 0.15) is 12.4 Å². The number of hydrogen-bond acceptors (Lipinski definition) is 6. The first kappa shape index (κ1) is 36.2. The van der Waals surface area contributed by atoms with E-state index in [0.717, 1.165) is 11.3 Å². The van der Waals surface area contributed by atoms with Crippen molar-refractivity contribution in [3.63, 3.8) is 0 Å². The number of hydrogen-bond donors (Lipinski definition) is 4. The molecular weight excluding hydrogens is 609 g/mol. The summed E-state index contributed by atoms with van der Waals surface area (Å²) < 4.78 is 109. The zero-order valence-corrected chi connectivity index (χ0v) is 21.2. The first-order valence-electron chi connectivity index (χ1n) is 11.2. The Morgan fingerprint density at radius 1 is 0.860 bits per heavy atom. The molecule has 3 aromatic rings. The number of rotatable bonds is 7. The second kappa shape index (κ2) is 15.9. The summed E-state index contributed by atoms with van der Waals surface area (Å²) in [6, 6.07) is 13.0. The molecule has 0 bridgehead atoms. The van der Waals surface area contributed by atoms with Gasteiger partial charge >= 0.3 is 24.3 Å². The summed E-state index contributed by atoms with van der Waals surface area (Å²) in [7, 11) is 0. The van der Waals surface area contributed by atoms with E-state index in [4.69, 9.17) is 30.3 Å². The molecule has 0 saturated carbocycles. The number of carboxylic acid groups (broad SMARTS) is 2. The number of nitrogens with two attached hydrogens (primary N) is 1. The fourth-order valence-electron chi connectivity index (χ4n) is 2.57. The van der Waals surface area contributed by atoms with Crippen molar-refractivity contribution in [3.8, 4) is 5.75 Å². The summed E-state index contributed by atoms with van der Waals surface area (Å²) in [5, 5.41) is 16.5. The molecule has 234 valence electrons. The second-order valence-electron chi connectivity index (χ2n) is 7.91. The monoisotopic (exact) mass is 629 g/mol. The van der Waals surface area contributed by atoms with Crippen molar-refractivity contribution in [1.29, 1.82) is 0 Å². The fourth-order valence-corrected chi connectivity index (χ4v) is 2.57. The standard InChI is InChI=1S/C21H18F3N3O2.2C2HF3O2/c22-17-10-15(11-18(23)20(17)24)27-21(28)19(25)9-13-4-6-16(7-5-13)29-12-14-3-1-2-8-26-14;2*3-2(4,5)1(6)7/h1-8,10-11,19H,9,12,25H2,(H,27,28);2*(H,6,7)/t19-;;/m0../s1. The SMILES string of the molecule is N[C@@H](Cc1ccc(OCc2ccccn2)cc1)C(=O)Nc1cc(F)c(F)c(F)c1.O=C(O)C(F)(F)F.O=C(O)C(F)(F)F. The number of pyridine rings is 1. The third-order valence-corrected chi connectivity index (χ3v) is 4.56. The lowest BCUT2D eigenvalue weighted by Gasteiger charge is -2.13. The predicted octanol–water partition coefficient (Wildman–Crippen LogP) is 4.85. The number of carboxylic acids is 2. The van der Waals surface area contributed by atoms with Gasteiger partial charge in [0.05, 0.1) is 11.7 Å². The number of benzene rings is 2. The average Bonchev–Trinajstić information content (AvgIpc) is 2.91. The zero-order chi connectivity index (χ0) is 33.0. The van der Waals surface area contributed by atoms with Crippen LogP contribution < -0.4 is 15.8 Å². The van der Waals surface area contributed by atoms with Crippen LogP contribution in [-0.2, 0) is 27.4 Å². The Labute approximate surface area is 235 Å². The highest BCUT2D eigenvalue weighted by Gasteiger charge is 2.38. The Kier molecular flexibility index (Phi) is 13.4. The maximum atomic E-state index is 13.2. The molecule has 0 aliphatic rings. The summed E-state index contributed by atoms with van der Waals surface area (Å²) in [6.07, 6.45) is -8.29. The van der Waals surface area contributed by atoms with Crippen LogP contribution in [0.5, 0.6) is 5.75 Å². The van der Waals surface area contributed by atoms with Crippen molar-refractivity contribution < 1.29 is 68.8 Å². The topological polar surface area (TPSA) is 152 Å². The van der Waals surface area contributed by atoms with E-state index >= 15 is 0 Å². The molecule has 0 spiro atoms. The molecule has 5 N–H and O–H groups in total. The number of anilines is 1. The molecule has 43 heavy (non-hydrogen) atoms. The zero-order valence-electron chi connectivity index (χ0n) is 21.2.